The van der Waals surface area contributed by atoms with Crippen LogP contribution in [-0.2, 0) is 16.1 Å². The molecular formula is C14H18N2O2. The minimum Gasteiger partial charge on any atom is -0.369 e. The zero-order chi connectivity index (χ0) is 13.4. The summed E-state index contributed by atoms with van der Waals surface area (Å²) in [6.45, 7) is 4.29. The molecular weight excluding hydrogens is 228 g/mol. The lowest BCUT2D eigenvalue weighted by molar-refractivity contribution is -0.137. The molecule has 0 unspecified atom stereocenters. The number of carbonyl (C=O) groups is 1. The summed E-state index contributed by atoms with van der Waals surface area (Å²) >= 11 is 0. The molecule has 1 rings (SSSR count). The maximum atomic E-state index is 11.9. The van der Waals surface area contributed by atoms with Crippen molar-refractivity contribution in [2.75, 3.05) is 13.2 Å². The van der Waals surface area contributed by atoms with Gasteiger partial charge in [-0.2, -0.15) is 5.26 Å². The largest absolute Gasteiger partial charge is 0.369 e. The summed E-state index contributed by atoms with van der Waals surface area (Å²) in [7, 11) is 0. The molecule has 1 aromatic carbocycles. The number of hydrogen-bond donors (Lipinski definition) is 0. The summed E-state index contributed by atoms with van der Waals surface area (Å²) in [6, 6.07) is 11.6. The van der Waals surface area contributed by atoms with Crippen LogP contribution in [0.15, 0.2) is 30.3 Å². The number of ether oxygens (including phenoxy) is 1. The van der Waals surface area contributed by atoms with Crippen LogP contribution in [0.25, 0.3) is 0 Å². The van der Waals surface area contributed by atoms with Crippen molar-refractivity contribution in [3.8, 4) is 6.07 Å². The summed E-state index contributed by atoms with van der Waals surface area (Å²) in [4.78, 5) is 13.4. The highest BCUT2D eigenvalue weighted by Gasteiger charge is 2.14. The zero-order valence-electron chi connectivity index (χ0n) is 10.8. The predicted octanol–water partition coefficient (Wildman–Crippen LogP) is 1.96. The maximum absolute atomic E-state index is 11.9. The van der Waals surface area contributed by atoms with E-state index in [1.54, 1.807) is 0 Å². The van der Waals surface area contributed by atoms with E-state index < -0.39 is 0 Å². The molecule has 0 spiro atoms. The van der Waals surface area contributed by atoms with E-state index in [0.717, 1.165) is 5.56 Å². The van der Waals surface area contributed by atoms with Gasteiger partial charge in [0.1, 0.15) is 13.2 Å². The van der Waals surface area contributed by atoms with Crippen LogP contribution in [-0.4, -0.2) is 30.1 Å². The van der Waals surface area contributed by atoms with Gasteiger partial charge in [0.05, 0.1) is 12.2 Å². The number of benzene rings is 1. The minimum absolute atomic E-state index is 0.00890. The first-order valence-electron chi connectivity index (χ1n) is 5.93. The molecule has 0 aliphatic heterocycles. The van der Waals surface area contributed by atoms with Gasteiger partial charge in [-0.15, -0.1) is 0 Å². The predicted molar refractivity (Wildman–Crippen MR) is 68.6 cm³/mol. The smallest absolute Gasteiger partial charge is 0.249 e. The highest BCUT2D eigenvalue weighted by molar-refractivity contribution is 5.77. The molecule has 1 aromatic rings. The van der Waals surface area contributed by atoms with Crippen LogP contribution in [0, 0.1) is 11.3 Å². The maximum Gasteiger partial charge on any atom is 0.249 e. The summed E-state index contributed by atoms with van der Waals surface area (Å²) in [5, 5.41) is 8.76. The Bertz CT molecular complexity index is 410. The van der Waals surface area contributed by atoms with E-state index in [1.165, 1.54) is 4.90 Å². The number of nitrogens with zero attached hydrogens (tertiary/aromatic N) is 2. The number of amides is 1. The lowest BCUT2D eigenvalue weighted by Gasteiger charge is -2.20. The van der Waals surface area contributed by atoms with Crippen molar-refractivity contribution in [2.45, 2.75) is 26.5 Å². The number of rotatable bonds is 6. The van der Waals surface area contributed by atoms with Gasteiger partial charge in [-0.25, -0.2) is 0 Å². The third-order valence-corrected chi connectivity index (χ3v) is 2.37. The molecule has 0 heterocycles. The van der Waals surface area contributed by atoms with E-state index in [1.807, 2.05) is 50.2 Å². The molecule has 4 heteroatoms. The van der Waals surface area contributed by atoms with Gasteiger partial charge >= 0.3 is 0 Å². The molecule has 0 fully saturated rings. The van der Waals surface area contributed by atoms with Crippen molar-refractivity contribution in [3.05, 3.63) is 35.9 Å². The number of nitriles is 1. The molecule has 0 radical (unpaired) electrons. The summed E-state index contributed by atoms with van der Waals surface area (Å²) in [5.41, 5.74) is 1.01. The average molecular weight is 246 g/mol. The Morgan fingerprint density at radius 1 is 1.39 bits per heavy atom. The van der Waals surface area contributed by atoms with Crippen molar-refractivity contribution >= 4 is 5.91 Å². The van der Waals surface area contributed by atoms with Crippen LogP contribution in [0.5, 0.6) is 0 Å². The van der Waals surface area contributed by atoms with Crippen molar-refractivity contribution in [1.29, 1.82) is 5.26 Å². The lowest BCUT2D eigenvalue weighted by atomic mass is 10.2. The van der Waals surface area contributed by atoms with Crippen LogP contribution in [0.2, 0.25) is 0 Å². The standard InChI is InChI=1S/C14H18N2O2/c1-12(2)18-11-14(17)16(9-8-15)10-13-6-4-3-5-7-13/h3-7,12H,9-11H2,1-2H3. The average Bonchev–Trinajstić information content (AvgIpc) is 2.36. The number of hydrogen-bond acceptors (Lipinski definition) is 3. The van der Waals surface area contributed by atoms with Crippen molar-refractivity contribution in [2.24, 2.45) is 0 Å². The molecule has 1 amide bonds. The highest BCUT2D eigenvalue weighted by Crippen LogP contribution is 2.05. The van der Waals surface area contributed by atoms with Gasteiger partial charge in [-0.05, 0) is 19.4 Å². The quantitative estimate of drug-likeness (QED) is 0.721. The van der Waals surface area contributed by atoms with E-state index in [4.69, 9.17) is 10.00 Å². The van der Waals surface area contributed by atoms with Crippen LogP contribution >= 0.6 is 0 Å². The van der Waals surface area contributed by atoms with E-state index in [2.05, 4.69) is 0 Å². The Morgan fingerprint density at radius 2 is 2.06 bits per heavy atom. The van der Waals surface area contributed by atoms with Gasteiger partial charge in [0.2, 0.25) is 5.91 Å². The van der Waals surface area contributed by atoms with E-state index in [0.29, 0.717) is 6.54 Å². The molecule has 4 nitrogen and oxygen atoms in total. The minimum atomic E-state index is -0.158. The van der Waals surface area contributed by atoms with Crippen LogP contribution < -0.4 is 0 Å². The Morgan fingerprint density at radius 3 is 2.61 bits per heavy atom. The van der Waals surface area contributed by atoms with Crippen LogP contribution in [0.3, 0.4) is 0 Å². The first-order chi connectivity index (χ1) is 8.63. The van der Waals surface area contributed by atoms with Gasteiger partial charge in [0, 0.05) is 6.54 Å². The fraction of sp³-hybridized carbons (Fsp3) is 0.429. The Kier molecular flexibility index (Phi) is 5.89. The van der Waals surface area contributed by atoms with Gasteiger partial charge in [-0.1, -0.05) is 30.3 Å². The van der Waals surface area contributed by atoms with E-state index in [-0.39, 0.29) is 25.2 Å². The normalized spacial score (nSPS) is 10.1. The number of carbonyl (C=O) groups excluding carboxylic acids is 1. The third kappa shape index (κ3) is 4.98. The second-order valence-electron chi connectivity index (χ2n) is 4.25. The molecule has 0 aromatic heterocycles. The van der Waals surface area contributed by atoms with Gasteiger partial charge < -0.3 is 9.64 Å². The molecule has 96 valence electrons. The second kappa shape index (κ2) is 7.46. The highest BCUT2D eigenvalue weighted by atomic mass is 16.5. The fourth-order valence-electron chi connectivity index (χ4n) is 1.45. The molecule has 0 aliphatic carbocycles. The van der Waals surface area contributed by atoms with Crippen LogP contribution in [0.4, 0.5) is 0 Å². The van der Waals surface area contributed by atoms with E-state index >= 15 is 0 Å². The van der Waals surface area contributed by atoms with Gasteiger partial charge in [0.15, 0.2) is 0 Å². The Balaban J connectivity index is 2.59. The second-order valence-corrected chi connectivity index (χ2v) is 4.25. The Hall–Kier alpha value is -1.86. The lowest BCUT2D eigenvalue weighted by Crippen LogP contribution is -2.34. The summed E-state index contributed by atoms with van der Waals surface area (Å²) < 4.78 is 5.27. The molecule has 0 saturated heterocycles. The summed E-state index contributed by atoms with van der Waals surface area (Å²) in [5.74, 6) is -0.158. The fourth-order valence-corrected chi connectivity index (χ4v) is 1.45. The van der Waals surface area contributed by atoms with Crippen LogP contribution in [0.1, 0.15) is 19.4 Å². The zero-order valence-corrected chi connectivity index (χ0v) is 10.8. The molecule has 0 aliphatic rings. The molecule has 0 saturated carbocycles. The van der Waals surface area contributed by atoms with Gasteiger partial charge in [-0.3, -0.25) is 4.79 Å². The monoisotopic (exact) mass is 246 g/mol. The molecule has 0 N–H and O–H groups in total. The third-order valence-electron chi connectivity index (χ3n) is 2.37. The van der Waals surface area contributed by atoms with E-state index in [9.17, 15) is 4.79 Å². The first kappa shape index (κ1) is 14.2. The van der Waals surface area contributed by atoms with Crippen molar-refractivity contribution in [3.63, 3.8) is 0 Å². The SMILES string of the molecule is CC(C)OCC(=O)N(CC#N)Cc1ccccc1. The van der Waals surface area contributed by atoms with Gasteiger partial charge in [0.25, 0.3) is 0 Å². The first-order valence-corrected chi connectivity index (χ1v) is 5.93. The van der Waals surface area contributed by atoms with Crippen molar-refractivity contribution < 1.29 is 9.53 Å². The molecule has 18 heavy (non-hydrogen) atoms. The molecule has 0 bridgehead atoms. The summed E-state index contributed by atoms with van der Waals surface area (Å²) in [6.07, 6.45) is 0.00890. The Labute approximate surface area is 108 Å². The molecule has 0 atom stereocenters. The van der Waals surface area contributed by atoms with Crippen molar-refractivity contribution in [1.82, 2.24) is 4.90 Å². The topological polar surface area (TPSA) is 53.3 Å².